The van der Waals surface area contributed by atoms with E-state index in [1.165, 1.54) is 0 Å². The van der Waals surface area contributed by atoms with Gasteiger partial charge in [0.05, 0.1) is 0 Å². The van der Waals surface area contributed by atoms with Crippen molar-refractivity contribution in [2.75, 3.05) is 5.32 Å². The van der Waals surface area contributed by atoms with E-state index in [1.54, 1.807) is 0 Å². The third-order valence-electron chi connectivity index (χ3n) is 3.24. The number of hydrogen-bond acceptors (Lipinski definition) is 2. The van der Waals surface area contributed by atoms with Gasteiger partial charge in [-0.1, -0.05) is 6.42 Å². The first kappa shape index (κ1) is 13.5. The number of nitrogens with one attached hydrogen (secondary N) is 1. The standard InChI is InChI=1S/C13H13F2NO3/c14-9-5-8(6-10(15)12(9)13(18)19)16-11(17)4-7-2-1-3-7/h5-7H,1-4H2,(H,16,17)(H,18,19). The molecule has 0 aromatic heterocycles. The van der Waals surface area contributed by atoms with Crippen molar-refractivity contribution in [3.8, 4) is 0 Å². The van der Waals surface area contributed by atoms with Gasteiger partial charge in [-0.15, -0.1) is 0 Å². The van der Waals surface area contributed by atoms with Gasteiger partial charge in [-0.25, -0.2) is 13.6 Å². The smallest absolute Gasteiger partial charge is 0.341 e. The second kappa shape index (κ2) is 5.34. The van der Waals surface area contributed by atoms with Crippen molar-refractivity contribution < 1.29 is 23.5 Å². The van der Waals surface area contributed by atoms with Crippen molar-refractivity contribution in [2.45, 2.75) is 25.7 Å². The maximum Gasteiger partial charge on any atom is 0.341 e. The van der Waals surface area contributed by atoms with E-state index in [2.05, 4.69) is 5.32 Å². The van der Waals surface area contributed by atoms with Crippen LogP contribution in [-0.4, -0.2) is 17.0 Å². The van der Waals surface area contributed by atoms with E-state index in [1.807, 2.05) is 0 Å². The average molecular weight is 269 g/mol. The van der Waals surface area contributed by atoms with Gasteiger partial charge in [0.25, 0.3) is 0 Å². The van der Waals surface area contributed by atoms with Crippen LogP contribution in [-0.2, 0) is 4.79 Å². The van der Waals surface area contributed by atoms with Crippen LogP contribution in [0.1, 0.15) is 36.0 Å². The van der Waals surface area contributed by atoms with Crippen molar-refractivity contribution in [1.29, 1.82) is 0 Å². The summed E-state index contributed by atoms with van der Waals surface area (Å²) in [6.07, 6.45) is 3.42. The largest absolute Gasteiger partial charge is 0.477 e. The molecule has 1 fully saturated rings. The molecular weight excluding hydrogens is 256 g/mol. The van der Waals surface area contributed by atoms with Crippen molar-refractivity contribution >= 4 is 17.6 Å². The molecule has 1 aliphatic carbocycles. The van der Waals surface area contributed by atoms with Crippen molar-refractivity contribution in [3.63, 3.8) is 0 Å². The molecule has 0 radical (unpaired) electrons. The monoisotopic (exact) mass is 269 g/mol. The van der Waals surface area contributed by atoms with Crippen LogP contribution in [0.5, 0.6) is 0 Å². The highest BCUT2D eigenvalue weighted by atomic mass is 19.1. The number of halogens is 2. The van der Waals surface area contributed by atoms with Crippen LogP contribution in [0.3, 0.4) is 0 Å². The van der Waals surface area contributed by atoms with Crippen LogP contribution in [0.4, 0.5) is 14.5 Å². The maximum absolute atomic E-state index is 13.4. The molecule has 1 aromatic carbocycles. The first-order valence-electron chi connectivity index (χ1n) is 5.99. The average Bonchev–Trinajstić information content (AvgIpc) is 2.21. The predicted molar refractivity (Wildman–Crippen MR) is 63.9 cm³/mol. The van der Waals surface area contributed by atoms with Gasteiger partial charge in [0, 0.05) is 12.1 Å². The van der Waals surface area contributed by atoms with Gasteiger partial charge in [0.15, 0.2) is 0 Å². The van der Waals surface area contributed by atoms with E-state index in [0.29, 0.717) is 12.3 Å². The number of carbonyl (C=O) groups is 2. The Hall–Kier alpha value is -1.98. The molecule has 2 N–H and O–H groups in total. The van der Waals surface area contributed by atoms with E-state index in [9.17, 15) is 18.4 Å². The molecule has 1 saturated carbocycles. The highest BCUT2D eigenvalue weighted by Gasteiger charge is 2.22. The lowest BCUT2D eigenvalue weighted by Gasteiger charge is -2.24. The van der Waals surface area contributed by atoms with Crippen LogP contribution in [0, 0.1) is 17.6 Å². The van der Waals surface area contributed by atoms with Gasteiger partial charge < -0.3 is 10.4 Å². The third kappa shape index (κ3) is 3.07. The molecule has 0 aliphatic heterocycles. The van der Waals surface area contributed by atoms with Crippen LogP contribution in [0.15, 0.2) is 12.1 Å². The van der Waals surface area contributed by atoms with Crippen molar-refractivity contribution in [3.05, 3.63) is 29.3 Å². The van der Waals surface area contributed by atoms with Crippen molar-refractivity contribution in [2.24, 2.45) is 5.92 Å². The summed E-state index contributed by atoms with van der Waals surface area (Å²) < 4.78 is 26.8. The van der Waals surface area contributed by atoms with Crippen LogP contribution >= 0.6 is 0 Å². The van der Waals surface area contributed by atoms with Crippen molar-refractivity contribution in [1.82, 2.24) is 0 Å². The molecule has 4 nitrogen and oxygen atoms in total. The van der Waals surface area contributed by atoms with Gasteiger partial charge in [0.2, 0.25) is 5.91 Å². The summed E-state index contributed by atoms with van der Waals surface area (Å²) in [5, 5.41) is 11.0. The number of carboxylic acid groups (broad SMARTS) is 1. The first-order chi connectivity index (χ1) is 8.97. The summed E-state index contributed by atoms with van der Waals surface area (Å²) in [6, 6.07) is 1.62. The lowest BCUT2D eigenvalue weighted by molar-refractivity contribution is -0.117. The maximum atomic E-state index is 13.4. The zero-order chi connectivity index (χ0) is 14.0. The minimum absolute atomic E-state index is 0.0654. The predicted octanol–water partition coefficient (Wildman–Crippen LogP) is 2.79. The molecule has 102 valence electrons. The fraction of sp³-hybridized carbons (Fsp3) is 0.385. The zero-order valence-corrected chi connectivity index (χ0v) is 10.1. The Labute approximate surface area is 108 Å². The van der Waals surface area contributed by atoms with Gasteiger partial charge >= 0.3 is 5.97 Å². The highest BCUT2D eigenvalue weighted by Crippen LogP contribution is 2.29. The SMILES string of the molecule is O=C(CC1CCC1)Nc1cc(F)c(C(=O)O)c(F)c1. The summed E-state index contributed by atoms with van der Waals surface area (Å²) in [5.74, 6) is -4.06. The van der Waals surface area contributed by atoms with Crippen LogP contribution < -0.4 is 5.32 Å². The fourth-order valence-electron chi connectivity index (χ4n) is 2.02. The Morgan fingerprint density at radius 3 is 2.26 bits per heavy atom. The number of anilines is 1. The zero-order valence-electron chi connectivity index (χ0n) is 10.1. The Bertz CT molecular complexity index is 504. The molecule has 2 rings (SSSR count). The minimum Gasteiger partial charge on any atom is -0.477 e. The van der Waals surface area contributed by atoms with Gasteiger partial charge in [-0.3, -0.25) is 4.79 Å². The topological polar surface area (TPSA) is 66.4 Å². The fourth-order valence-corrected chi connectivity index (χ4v) is 2.02. The van der Waals surface area contributed by atoms with Gasteiger partial charge in [0.1, 0.15) is 17.2 Å². The Kier molecular flexibility index (Phi) is 3.78. The molecular formula is C13H13F2NO3. The number of benzene rings is 1. The number of aromatic carboxylic acids is 1. The third-order valence-corrected chi connectivity index (χ3v) is 3.24. The van der Waals surface area contributed by atoms with E-state index < -0.39 is 23.2 Å². The molecule has 1 aliphatic rings. The second-order valence-corrected chi connectivity index (χ2v) is 4.67. The van der Waals surface area contributed by atoms with Crippen LogP contribution in [0.2, 0.25) is 0 Å². The highest BCUT2D eigenvalue weighted by molar-refractivity contribution is 5.93. The number of rotatable bonds is 4. The number of hydrogen-bond donors (Lipinski definition) is 2. The molecule has 1 amide bonds. The number of amides is 1. The summed E-state index contributed by atoms with van der Waals surface area (Å²) in [4.78, 5) is 22.2. The van der Waals surface area contributed by atoms with E-state index in [-0.39, 0.29) is 11.6 Å². The quantitative estimate of drug-likeness (QED) is 0.883. The Morgan fingerprint density at radius 2 is 1.84 bits per heavy atom. The molecule has 0 heterocycles. The second-order valence-electron chi connectivity index (χ2n) is 4.67. The number of carboxylic acids is 1. The molecule has 6 heteroatoms. The molecule has 19 heavy (non-hydrogen) atoms. The van der Waals surface area contributed by atoms with Crippen LogP contribution in [0.25, 0.3) is 0 Å². The normalized spacial score (nSPS) is 14.8. The summed E-state index contributed by atoms with van der Waals surface area (Å²) in [6.45, 7) is 0. The van der Waals surface area contributed by atoms with E-state index in [4.69, 9.17) is 5.11 Å². The van der Waals surface area contributed by atoms with E-state index in [0.717, 1.165) is 31.4 Å². The molecule has 0 saturated heterocycles. The Balaban J connectivity index is 2.08. The summed E-state index contributed by atoms with van der Waals surface area (Å²) >= 11 is 0. The molecule has 0 atom stereocenters. The minimum atomic E-state index is -1.68. The Morgan fingerprint density at radius 1 is 1.26 bits per heavy atom. The van der Waals surface area contributed by atoms with Gasteiger partial charge in [-0.2, -0.15) is 0 Å². The lowest BCUT2D eigenvalue weighted by atomic mass is 9.83. The van der Waals surface area contributed by atoms with E-state index >= 15 is 0 Å². The molecule has 0 spiro atoms. The lowest BCUT2D eigenvalue weighted by Crippen LogP contribution is -2.21. The molecule has 0 bridgehead atoms. The molecule has 0 unspecified atom stereocenters. The first-order valence-corrected chi connectivity index (χ1v) is 5.99. The summed E-state index contributed by atoms with van der Waals surface area (Å²) in [5.41, 5.74) is -1.08. The number of carbonyl (C=O) groups excluding carboxylic acids is 1. The summed E-state index contributed by atoms with van der Waals surface area (Å²) in [7, 11) is 0. The van der Waals surface area contributed by atoms with Gasteiger partial charge in [-0.05, 0) is 30.9 Å². The molecule has 1 aromatic rings.